The van der Waals surface area contributed by atoms with Crippen LogP contribution in [-0.2, 0) is 9.59 Å². The van der Waals surface area contributed by atoms with Crippen LogP contribution in [0, 0.1) is 6.92 Å². The van der Waals surface area contributed by atoms with E-state index in [0.29, 0.717) is 23.4 Å². The first-order valence-electron chi connectivity index (χ1n) is 7.80. The number of likely N-dealkylation sites (N-methyl/N-ethyl adjacent to an activating group) is 1. The molecule has 2 N–H and O–H groups in total. The van der Waals surface area contributed by atoms with Gasteiger partial charge in [0.2, 0.25) is 11.8 Å². The van der Waals surface area contributed by atoms with Crippen molar-refractivity contribution >= 4 is 41.8 Å². The van der Waals surface area contributed by atoms with Crippen LogP contribution < -0.4 is 10.6 Å². The van der Waals surface area contributed by atoms with Crippen LogP contribution in [0.4, 0.5) is 5.82 Å². The lowest BCUT2D eigenvalue weighted by atomic mass is 10.1. The van der Waals surface area contributed by atoms with Gasteiger partial charge in [0.25, 0.3) is 0 Å². The fraction of sp³-hybridized carbons (Fsp3) is 0.667. The maximum absolute atomic E-state index is 12.3. The van der Waals surface area contributed by atoms with Crippen LogP contribution in [-0.4, -0.2) is 59.1 Å². The molecule has 7 nitrogen and oxygen atoms in total. The topological polar surface area (TPSA) is 87.5 Å². The summed E-state index contributed by atoms with van der Waals surface area (Å²) in [6, 6.07) is 2.03. The predicted molar refractivity (Wildman–Crippen MR) is 97.7 cm³/mol. The second-order valence-corrected chi connectivity index (χ2v) is 7.06. The molecular weight excluding hydrogens is 352 g/mol. The molecule has 2 rings (SSSR count). The van der Waals surface area contributed by atoms with Crippen molar-refractivity contribution < 1.29 is 14.1 Å². The van der Waals surface area contributed by atoms with Gasteiger partial charge in [-0.3, -0.25) is 9.59 Å². The van der Waals surface area contributed by atoms with Gasteiger partial charge >= 0.3 is 0 Å². The molecule has 0 spiro atoms. The van der Waals surface area contributed by atoms with Gasteiger partial charge in [-0.2, -0.15) is 0 Å². The molecule has 2 amide bonds. The maximum atomic E-state index is 12.3. The zero-order chi connectivity index (χ0) is 16.8. The average Bonchev–Trinajstić information content (AvgIpc) is 2.97. The number of halogens is 1. The lowest BCUT2D eigenvalue weighted by molar-refractivity contribution is -0.129. The van der Waals surface area contributed by atoms with Crippen LogP contribution in [0.2, 0.25) is 0 Å². The number of carbonyl (C=O) groups is 2. The summed E-state index contributed by atoms with van der Waals surface area (Å²) in [6.07, 6.45) is 2.12. The van der Waals surface area contributed by atoms with Crippen LogP contribution in [0.3, 0.4) is 0 Å². The number of piperidine rings is 1. The highest BCUT2D eigenvalue weighted by molar-refractivity contribution is 8.01. The summed E-state index contributed by atoms with van der Waals surface area (Å²) in [6.45, 7) is 5.09. The SMILES string of the molecule is CNC1CCCN(C(=O)CSC(C)C(=O)Nc2cc(C)on2)C1.Cl. The first-order valence-corrected chi connectivity index (χ1v) is 8.85. The summed E-state index contributed by atoms with van der Waals surface area (Å²) in [4.78, 5) is 26.2. The number of likely N-dealkylation sites (tertiary alicyclic amines) is 1. The van der Waals surface area contributed by atoms with Gasteiger partial charge in [0.15, 0.2) is 5.82 Å². The van der Waals surface area contributed by atoms with E-state index in [2.05, 4.69) is 15.8 Å². The van der Waals surface area contributed by atoms with Crippen molar-refractivity contribution in [3.63, 3.8) is 0 Å². The Labute approximate surface area is 152 Å². The van der Waals surface area contributed by atoms with Gasteiger partial charge in [0, 0.05) is 25.2 Å². The van der Waals surface area contributed by atoms with Gasteiger partial charge in [0.1, 0.15) is 5.76 Å². The molecule has 0 aromatic carbocycles. The van der Waals surface area contributed by atoms with E-state index >= 15 is 0 Å². The number of thioether (sulfide) groups is 1. The van der Waals surface area contributed by atoms with Gasteiger partial charge in [-0.1, -0.05) is 5.16 Å². The Morgan fingerprint density at radius 2 is 2.29 bits per heavy atom. The number of nitrogens with zero attached hydrogens (tertiary/aromatic N) is 2. The van der Waals surface area contributed by atoms with Crippen LogP contribution in [0.5, 0.6) is 0 Å². The molecule has 1 aliphatic heterocycles. The summed E-state index contributed by atoms with van der Waals surface area (Å²) in [5, 5.41) is 9.30. The van der Waals surface area contributed by atoms with Crippen LogP contribution in [0.15, 0.2) is 10.6 Å². The zero-order valence-electron chi connectivity index (χ0n) is 14.2. The fourth-order valence-electron chi connectivity index (χ4n) is 2.46. The summed E-state index contributed by atoms with van der Waals surface area (Å²) in [5.41, 5.74) is 0. The quantitative estimate of drug-likeness (QED) is 0.785. The number of anilines is 1. The van der Waals surface area contributed by atoms with Gasteiger partial charge in [-0.25, -0.2) is 0 Å². The molecule has 1 aliphatic rings. The molecule has 2 atom stereocenters. The standard InChI is InChI=1S/C15H24N4O3S.ClH/c1-10-7-13(18-22-10)17-15(21)11(2)23-9-14(20)19-6-4-5-12(8-19)16-3;/h7,11-12,16H,4-6,8-9H2,1-3H3,(H,17,18,21);1H. The molecule has 1 aromatic rings. The third-order valence-corrected chi connectivity index (χ3v) is 5.02. The van der Waals surface area contributed by atoms with Gasteiger partial charge in [-0.15, -0.1) is 24.2 Å². The Hall–Kier alpha value is -1.25. The molecule has 9 heteroatoms. The van der Waals surface area contributed by atoms with Crippen LogP contribution in [0.25, 0.3) is 0 Å². The third-order valence-electron chi connectivity index (χ3n) is 3.89. The highest BCUT2D eigenvalue weighted by Gasteiger charge is 2.24. The summed E-state index contributed by atoms with van der Waals surface area (Å²) in [7, 11) is 1.92. The molecule has 2 heterocycles. The molecule has 1 saturated heterocycles. The number of aromatic nitrogens is 1. The Morgan fingerprint density at radius 1 is 1.54 bits per heavy atom. The largest absolute Gasteiger partial charge is 0.360 e. The van der Waals surface area contributed by atoms with E-state index < -0.39 is 0 Å². The number of aryl methyl sites for hydroxylation is 1. The maximum Gasteiger partial charge on any atom is 0.238 e. The van der Waals surface area contributed by atoms with Crippen molar-refractivity contribution in [1.29, 1.82) is 0 Å². The first kappa shape index (κ1) is 20.8. The van der Waals surface area contributed by atoms with Crippen LogP contribution >= 0.6 is 24.2 Å². The van der Waals surface area contributed by atoms with Gasteiger partial charge < -0.3 is 20.1 Å². The van der Waals surface area contributed by atoms with E-state index in [0.717, 1.165) is 25.9 Å². The Morgan fingerprint density at radius 3 is 2.92 bits per heavy atom. The van der Waals surface area contributed by atoms with Crippen LogP contribution in [0.1, 0.15) is 25.5 Å². The molecule has 0 radical (unpaired) electrons. The average molecular weight is 377 g/mol. The summed E-state index contributed by atoms with van der Waals surface area (Å²) in [5.74, 6) is 1.26. The van der Waals surface area contributed by atoms with Gasteiger partial charge in [-0.05, 0) is 33.7 Å². The number of amides is 2. The Kier molecular flexibility index (Phi) is 8.58. The lowest BCUT2D eigenvalue weighted by Gasteiger charge is -2.32. The van der Waals surface area contributed by atoms with E-state index in [4.69, 9.17) is 4.52 Å². The fourth-order valence-corrected chi connectivity index (χ4v) is 3.24. The molecular formula is C15H25ClN4O3S. The predicted octanol–water partition coefficient (Wildman–Crippen LogP) is 1.68. The molecule has 24 heavy (non-hydrogen) atoms. The third kappa shape index (κ3) is 5.99. The van der Waals surface area contributed by atoms with E-state index in [9.17, 15) is 9.59 Å². The molecule has 0 aliphatic carbocycles. The van der Waals surface area contributed by atoms with E-state index in [-0.39, 0.29) is 29.5 Å². The van der Waals surface area contributed by atoms with Gasteiger partial charge in [0.05, 0.1) is 11.0 Å². The summed E-state index contributed by atoms with van der Waals surface area (Å²) < 4.78 is 4.91. The lowest BCUT2D eigenvalue weighted by Crippen LogP contribution is -2.47. The molecule has 1 fully saturated rings. The second kappa shape index (κ2) is 9.90. The molecule has 0 bridgehead atoms. The molecule has 1 aromatic heterocycles. The molecule has 2 unspecified atom stereocenters. The number of carbonyl (C=O) groups excluding carboxylic acids is 2. The van der Waals surface area contributed by atoms with Crippen molar-refractivity contribution in [1.82, 2.24) is 15.4 Å². The van der Waals surface area contributed by atoms with E-state index in [1.54, 1.807) is 19.9 Å². The molecule has 0 saturated carbocycles. The number of hydrogen-bond donors (Lipinski definition) is 2. The highest BCUT2D eigenvalue weighted by atomic mass is 35.5. The van der Waals surface area contributed by atoms with Crippen molar-refractivity contribution in [3.05, 3.63) is 11.8 Å². The number of hydrogen-bond acceptors (Lipinski definition) is 6. The van der Waals surface area contributed by atoms with Crippen molar-refractivity contribution in [2.45, 2.75) is 38.0 Å². The van der Waals surface area contributed by atoms with Crippen molar-refractivity contribution in [2.75, 3.05) is 31.2 Å². The second-order valence-electron chi connectivity index (χ2n) is 5.73. The normalized spacial score (nSPS) is 18.6. The Balaban J connectivity index is 0.00000288. The smallest absolute Gasteiger partial charge is 0.238 e. The first-order chi connectivity index (χ1) is 11.0. The number of rotatable bonds is 6. The molecule has 136 valence electrons. The highest BCUT2D eigenvalue weighted by Crippen LogP contribution is 2.17. The zero-order valence-corrected chi connectivity index (χ0v) is 15.8. The summed E-state index contributed by atoms with van der Waals surface area (Å²) >= 11 is 1.34. The van der Waals surface area contributed by atoms with Crippen molar-refractivity contribution in [3.8, 4) is 0 Å². The van der Waals surface area contributed by atoms with E-state index in [1.807, 2.05) is 11.9 Å². The Bertz CT molecular complexity index is 555. The minimum atomic E-state index is -0.333. The minimum absolute atomic E-state index is 0. The number of nitrogens with one attached hydrogen (secondary N) is 2. The van der Waals surface area contributed by atoms with Crippen molar-refractivity contribution in [2.24, 2.45) is 0 Å². The van der Waals surface area contributed by atoms with E-state index in [1.165, 1.54) is 11.8 Å². The minimum Gasteiger partial charge on any atom is -0.360 e. The monoisotopic (exact) mass is 376 g/mol.